The maximum absolute atomic E-state index is 5.36. The predicted octanol–water partition coefficient (Wildman–Crippen LogP) is 1.67. The summed E-state index contributed by atoms with van der Waals surface area (Å²) in [6.07, 6.45) is 0. The molecule has 0 radical (unpaired) electrons. The Morgan fingerprint density at radius 1 is 1.11 bits per heavy atom. The van der Waals surface area contributed by atoms with Gasteiger partial charge >= 0.3 is 0 Å². The fourth-order valence-electron chi connectivity index (χ4n) is 2.39. The highest BCUT2D eigenvalue weighted by Crippen LogP contribution is 2.31. The van der Waals surface area contributed by atoms with E-state index in [1.807, 2.05) is 6.07 Å². The van der Waals surface area contributed by atoms with Gasteiger partial charge < -0.3 is 14.8 Å². The summed E-state index contributed by atoms with van der Waals surface area (Å²) >= 11 is 0. The summed E-state index contributed by atoms with van der Waals surface area (Å²) in [5.74, 6) is 1.59. The fraction of sp³-hybridized carbons (Fsp3) is 0.571. The normalized spacial score (nSPS) is 18.4. The van der Waals surface area contributed by atoms with Gasteiger partial charge in [-0.25, -0.2) is 0 Å². The summed E-state index contributed by atoms with van der Waals surface area (Å²) in [7, 11) is 3.34. The van der Waals surface area contributed by atoms with E-state index < -0.39 is 0 Å². The van der Waals surface area contributed by atoms with Crippen LogP contribution in [0.4, 0.5) is 0 Å². The molecule has 1 fully saturated rings. The summed E-state index contributed by atoms with van der Waals surface area (Å²) < 4.78 is 10.6. The zero-order valence-corrected chi connectivity index (χ0v) is 11.4. The molecule has 0 amide bonds. The molecule has 1 aromatic carbocycles. The second-order valence-electron chi connectivity index (χ2n) is 4.58. The second-order valence-corrected chi connectivity index (χ2v) is 4.58. The summed E-state index contributed by atoms with van der Waals surface area (Å²) in [5, 5.41) is 3.38. The summed E-state index contributed by atoms with van der Waals surface area (Å²) in [6, 6.07) is 6.58. The molecule has 0 bridgehead atoms. The van der Waals surface area contributed by atoms with E-state index in [2.05, 4.69) is 29.3 Å². The summed E-state index contributed by atoms with van der Waals surface area (Å²) in [5.41, 5.74) is 1.27. The van der Waals surface area contributed by atoms with Gasteiger partial charge in [0.25, 0.3) is 0 Å². The van der Waals surface area contributed by atoms with Crippen LogP contribution in [0, 0.1) is 0 Å². The zero-order chi connectivity index (χ0) is 13.0. The topological polar surface area (TPSA) is 33.7 Å². The van der Waals surface area contributed by atoms with E-state index in [9.17, 15) is 0 Å². The Bertz CT molecular complexity index is 389. The number of rotatable bonds is 4. The first-order valence-corrected chi connectivity index (χ1v) is 6.43. The largest absolute Gasteiger partial charge is 0.493 e. The molecule has 100 valence electrons. The van der Waals surface area contributed by atoms with Gasteiger partial charge in [0.15, 0.2) is 11.5 Å². The molecule has 18 heavy (non-hydrogen) atoms. The van der Waals surface area contributed by atoms with Crippen molar-refractivity contribution in [3.63, 3.8) is 0 Å². The first-order chi connectivity index (χ1) is 8.76. The van der Waals surface area contributed by atoms with Gasteiger partial charge in [-0.2, -0.15) is 0 Å². The highest BCUT2D eigenvalue weighted by Gasteiger charge is 2.19. The van der Waals surface area contributed by atoms with E-state index in [1.165, 1.54) is 5.56 Å². The van der Waals surface area contributed by atoms with Crippen LogP contribution in [0.1, 0.15) is 18.5 Å². The molecule has 1 atom stereocenters. The van der Waals surface area contributed by atoms with Crippen LogP contribution >= 0.6 is 0 Å². The Kier molecular flexibility index (Phi) is 4.44. The van der Waals surface area contributed by atoms with Crippen LogP contribution in [0.25, 0.3) is 0 Å². The minimum atomic E-state index is 0.409. The third kappa shape index (κ3) is 2.76. The highest BCUT2D eigenvalue weighted by molar-refractivity contribution is 5.43. The van der Waals surface area contributed by atoms with E-state index in [4.69, 9.17) is 9.47 Å². The zero-order valence-electron chi connectivity index (χ0n) is 11.4. The molecule has 2 rings (SSSR count). The lowest BCUT2D eigenvalue weighted by Gasteiger charge is -2.33. The lowest BCUT2D eigenvalue weighted by molar-refractivity contribution is 0.185. The van der Waals surface area contributed by atoms with E-state index in [0.29, 0.717) is 6.04 Å². The van der Waals surface area contributed by atoms with Crippen molar-refractivity contribution in [3.8, 4) is 11.5 Å². The van der Waals surface area contributed by atoms with Gasteiger partial charge in [0.1, 0.15) is 0 Å². The first-order valence-electron chi connectivity index (χ1n) is 6.43. The van der Waals surface area contributed by atoms with Crippen molar-refractivity contribution in [3.05, 3.63) is 23.8 Å². The standard InChI is InChI=1S/C14H22N2O2/c1-11(16-8-6-15-7-9-16)12-4-5-13(17-2)14(10-12)18-3/h4-5,10-11,15H,6-9H2,1-3H3. The van der Waals surface area contributed by atoms with Crippen LogP contribution in [-0.2, 0) is 0 Å². The van der Waals surface area contributed by atoms with Crippen LogP contribution in [-0.4, -0.2) is 45.3 Å². The Morgan fingerprint density at radius 2 is 1.78 bits per heavy atom. The molecular weight excluding hydrogens is 228 g/mol. The number of hydrogen-bond acceptors (Lipinski definition) is 4. The Hall–Kier alpha value is -1.26. The molecule has 1 aliphatic rings. The minimum absolute atomic E-state index is 0.409. The summed E-state index contributed by atoms with van der Waals surface area (Å²) in [4.78, 5) is 2.48. The van der Waals surface area contributed by atoms with Gasteiger partial charge in [-0.3, -0.25) is 4.90 Å². The molecule has 0 saturated carbocycles. The number of benzene rings is 1. The quantitative estimate of drug-likeness (QED) is 0.881. The minimum Gasteiger partial charge on any atom is -0.493 e. The van der Waals surface area contributed by atoms with E-state index in [0.717, 1.165) is 37.7 Å². The number of nitrogens with zero attached hydrogens (tertiary/aromatic N) is 1. The van der Waals surface area contributed by atoms with E-state index in [1.54, 1.807) is 14.2 Å². The monoisotopic (exact) mass is 250 g/mol. The van der Waals surface area contributed by atoms with Crippen LogP contribution in [0.5, 0.6) is 11.5 Å². The molecule has 0 spiro atoms. The molecule has 0 aliphatic carbocycles. The number of hydrogen-bond donors (Lipinski definition) is 1. The number of nitrogens with one attached hydrogen (secondary N) is 1. The average Bonchev–Trinajstić information content (AvgIpc) is 2.46. The van der Waals surface area contributed by atoms with Gasteiger partial charge in [0.2, 0.25) is 0 Å². The van der Waals surface area contributed by atoms with E-state index in [-0.39, 0.29) is 0 Å². The molecule has 1 saturated heterocycles. The van der Waals surface area contributed by atoms with Crippen LogP contribution in [0.2, 0.25) is 0 Å². The Morgan fingerprint density at radius 3 is 2.39 bits per heavy atom. The lowest BCUT2D eigenvalue weighted by Crippen LogP contribution is -2.44. The molecule has 1 N–H and O–H groups in total. The van der Waals surface area contributed by atoms with Gasteiger partial charge in [-0.05, 0) is 24.6 Å². The van der Waals surface area contributed by atoms with Crippen molar-refractivity contribution < 1.29 is 9.47 Å². The molecular formula is C14H22N2O2. The molecule has 4 heteroatoms. The SMILES string of the molecule is COc1ccc(C(C)N2CCNCC2)cc1OC. The molecule has 4 nitrogen and oxygen atoms in total. The third-order valence-electron chi connectivity index (χ3n) is 3.59. The maximum Gasteiger partial charge on any atom is 0.161 e. The molecule has 1 unspecified atom stereocenters. The van der Waals surface area contributed by atoms with Crippen molar-refractivity contribution >= 4 is 0 Å². The highest BCUT2D eigenvalue weighted by atomic mass is 16.5. The van der Waals surface area contributed by atoms with Gasteiger partial charge in [0.05, 0.1) is 14.2 Å². The molecule has 0 aromatic heterocycles. The number of piperazine rings is 1. The Balaban J connectivity index is 2.16. The smallest absolute Gasteiger partial charge is 0.161 e. The average molecular weight is 250 g/mol. The van der Waals surface area contributed by atoms with Gasteiger partial charge in [0, 0.05) is 32.2 Å². The van der Waals surface area contributed by atoms with Crippen LogP contribution < -0.4 is 14.8 Å². The maximum atomic E-state index is 5.36. The van der Waals surface area contributed by atoms with Crippen molar-refractivity contribution in [2.45, 2.75) is 13.0 Å². The van der Waals surface area contributed by atoms with E-state index >= 15 is 0 Å². The van der Waals surface area contributed by atoms with Crippen molar-refractivity contribution in [1.82, 2.24) is 10.2 Å². The fourth-order valence-corrected chi connectivity index (χ4v) is 2.39. The first kappa shape index (κ1) is 13.2. The molecule has 1 heterocycles. The third-order valence-corrected chi connectivity index (χ3v) is 3.59. The van der Waals surface area contributed by atoms with Crippen molar-refractivity contribution in [1.29, 1.82) is 0 Å². The van der Waals surface area contributed by atoms with Crippen LogP contribution in [0.15, 0.2) is 18.2 Å². The number of methoxy groups -OCH3 is 2. The summed E-state index contributed by atoms with van der Waals surface area (Å²) in [6.45, 7) is 6.56. The van der Waals surface area contributed by atoms with Gasteiger partial charge in [-0.1, -0.05) is 6.07 Å². The van der Waals surface area contributed by atoms with Gasteiger partial charge in [-0.15, -0.1) is 0 Å². The lowest BCUT2D eigenvalue weighted by atomic mass is 10.1. The Labute approximate surface area is 109 Å². The molecule has 1 aromatic rings. The number of ether oxygens (including phenoxy) is 2. The van der Waals surface area contributed by atoms with Crippen LogP contribution in [0.3, 0.4) is 0 Å². The predicted molar refractivity (Wildman–Crippen MR) is 72.4 cm³/mol. The second kappa shape index (κ2) is 6.07. The van der Waals surface area contributed by atoms with Crippen molar-refractivity contribution in [2.24, 2.45) is 0 Å². The molecule has 1 aliphatic heterocycles. The van der Waals surface area contributed by atoms with Crippen molar-refractivity contribution in [2.75, 3.05) is 40.4 Å².